The van der Waals surface area contributed by atoms with Gasteiger partial charge in [-0.3, -0.25) is 0 Å². The Bertz CT molecular complexity index is 1150. The molecule has 132 valence electrons. The third-order valence-corrected chi connectivity index (χ3v) is 5.17. The zero-order chi connectivity index (χ0) is 18.4. The fraction of sp³-hybridized carbons (Fsp3) is 0.130. The number of nitrogen functional groups attached to an aromatic ring is 1. The van der Waals surface area contributed by atoms with Gasteiger partial charge in [-0.05, 0) is 66.4 Å². The van der Waals surface area contributed by atoms with E-state index in [1.165, 1.54) is 22.4 Å². The van der Waals surface area contributed by atoms with E-state index in [1.54, 1.807) is 0 Å². The summed E-state index contributed by atoms with van der Waals surface area (Å²) in [7, 11) is 0. The largest absolute Gasteiger partial charge is 0.399 e. The van der Waals surface area contributed by atoms with Gasteiger partial charge in [-0.2, -0.15) is 0 Å². The molecular formula is C23H20N4. The van der Waals surface area contributed by atoms with Crippen LogP contribution in [0.1, 0.15) is 11.4 Å². The molecule has 1 aliphatic heterocycles. The monoisotopic (exact) mass is 352 g/mol. The minimum Gasteiger partial charge on any atom is -0.399 e. The van der Waals surface area contributed by atoms with E-state index in [9.17, 15) is 0 Å². The minimum absolute atomic E-state index is 0.789. The van der Waals surface area contributed by atoms with E-state index in [0.717, 1.165) is 41.2 Å². The summed E-state index contributed by atoms with van der Waals surface area (Å²) in [5, 5.41) is 1.10. The third kappa shape index (κ3) is 2.70. The van der Waals surface area contributed by atoms with Crippen LogP contribution in [-0.4, -0.2) is 16.5 Å². The SMILES string of the molecule is Cc1nc(N2CCc3cc(-c4ccc(N)cc4)ccc32)c2ccccc2n1. The third-order valence-electron chi connectivity index (χ3n) is 5.17. The molecule has 0 radical (unpaired) electrons. The van der Waals surface area contributed by atoms with Gasteiger partial charge in [0, 0.05) is 23.3 Å². The van der Waals surface area contributed by atoms with Gasteiger partial charge in [0.05, 0.1) is 5.52 Å². The van der Waals surface area contributed by atoms with Crippen LogP contribution < -0.4 is 10.6 Å². The average Bonchev–Trinajstić information content (AvgIpc) is 3.11. The van der Waals surface area contributed by atoms with Crippen LogP contribution in [0.15, 0.2) is 66.7 Å². The summed E-state index contributed by atoms with van der Waals surface area (Å²) in [6, 6.07) is 22.9. The van der Waals surface area contributed by atoms with Gasteiger partial charge in [0.2, 0.25) is 0 Å². The molecule has 4 aromatic rings. The summed E-state index contributed by atoms with van der Waals surface area (Å²) in [4.78, 5) is 11.7. The van der Waals surface area contributed by atoms with Crippen LogP contribution in [-0.2, 0) is 6.42 Å². The highest BCUT2D eigenvalue weighted by Gasteiger charge is 2.24. The van der Waals surface area contributed by atoms with Crippen molar-refractivity contribution in [1.82, 2.24) is 9.97 Å². The number of anilines is 3. The van der Waals surface area contributed by atoms with Crippen molar-refractivity contribution < 1.29 is 0 Å². The first-order valence-corrected chi connectivity index (χ1v) is 9.19. The molecule has 2 heterocycles. The van der Waals surface area contributed by atoms with Crippen LogP contribution in [0.25, 0.3) is 22.0 Å². The van der Waals surface area contributed by atoms with Crippen molar-refractivity contribution in [3.05, 3.63) is 78.1 Å². The summed E-state index contributed by atoms with van der Waals surface area (Å²) < 4.78 is 0. The molecule has 0 saturated heterocycles. The standard InChI is InChI=1S/C23H20N4/c1-15-25-21-5-3-2-4-20(21)23(26-15)27-13-12-18-14-17(8-11-22(18)27)16-6-9-19(24)10-7-16/h2-11,14H,12-13,24H2,1H3. The maximum Gasteiger partial charge on any atom is 0.144 e. The lowest BCUT2D eigenvalue weighted by molar-refractivity contribution is 0.960. The first-order chi connectivity index (χ1) is 13.2. The Labute approximate surface area is 158 Å². The van der Waals surface area contributed by atoms with Crippen molar-refractivity contribution >= 4 is 28.1 Å². The molecule has 0 amide bonds. The molecule has 0 bridgehead atoms. The normalized spacial score (nSPS) is 13.1. The Balaban J connectivity index is 1.59. The molecule has 27 heavy (non-hydrogen) atoms. The van der Waals surface area contributed by atoms with Gasteiger partial charge in [-0.25, -0.2) is 9.97 Å². The molecule has 1 aromatic heterocycles. The Morgan fingerprint density at radius 2 is 1.67 bits per heavy atom. The van der Waals surface area contributed by atoms with Gasteiger partial charge >= 0.3 is 0 Å². The first-order valence-electron chi connectivity index (χ1n) is 9.19. The van der Waals surface area contributed by atoms with E-state index >= 15 is 0 Å². The Kier molecular flexibility index (Phi) is 3.57. The highest BCUT2D eigenvalue weighted by Crippen LogP contribution is 2.38. The van der Waals surface area contributed by atoms with E-state index in [0.29, 0.717) is 0 Å². The number of para-hydroxylation sites is 1. The Hall–Kier alpha value is -3.40. The van der Waals surface area contributed by atoms with Gasteiger partial charge < -0.3 is 10.6 Å². The van der Waals surface area contributed by atoms with Crippen molar-refractivity contribution in [2.45, 2.75) is 13.3 Å². The zero-order valence-corrected chi connectivity index (χ0v) is 15.2. The molecule has 0 spiro atoms. The van der Waals surface area contributed by atoms with E-state index in [1.807, 2.05) is 31.2 Å². The second kappa shape index (κ2) is 6.09. The molecule has 1 aliphatic rings. The van der Waals surface area contributed by atoms with Crippen LogP contribution in [0, 0.1) is 6.92 Å². The molecule has 5 rings (SSSR count). The summed E-state index contributed by atoms with van der Waals surface area (Å²) >= 11 is 0. The van der Waals surface area contributed by atoms with Gasteiger partial charge in [-0.15, -0.1) is 0 Å². The van der Waals surface area contributed by atoms with Crippen LogP contribution in [0.5, 0.6) is 0 Å². The van der Waals surface area contributed by atoms with Gasteiger partial charge in [0.25, 0.3) is 0 Å². The number of aromatic nitrogens is 2. The lowest BCUT2D eigenvalue weighted by atomic mass is 10.0. The maximum absolute atomic E-state index is 5.82. The number of aryl methyl sites for hydroxylation is 1. The Morgan fingerprint density at radius 3 is 2.52 bits per heavy atom. The minimum atomic E-state index is 0.789. The second-order valence-corrected chi connectivity index (χ2v) is 6.98. The summed E-state index contributed by atoms with van der Waals surface area (Å²) in [5.74, 6) is 1.80. The van der Waals surface area contributed by atoms with E-state index in [-0.39, 0.29) is 0 Å². The Morgan fingerprint density at radius 1 is 0.889 bits per heavy atom. The van der Waals surface area contributed by atoms with Crippen molar-refractivity contribution in [2.24, 2.45) is 0 Å². The number of benzene rings is 3. The zero-order valence-electron chi connectivity index (χ0n) is 15.2. The number of hydrogen-bond donors (Lipinski definition) is 1. The van der Waals surface area contributed by atoms with Gasteiger partial charge in [0.1, 0.15) is 11.6 Å². The maximum atomic E-state index is 5.82. The molecule has 0 saturated carbocycles. The summed E-state index contributed by atoms with van der Waals surface area (Å²) in [6.45, 7) is 2.89. The van der Waals surface area contributed by atoms with Crippen LogP contribution >= 0.6 is 0 Å². The molecule has 3 aromatic carbocycles. The molecule has 2 N–H and O–H groups in total. The summed E-state index contributed by atoms with van der Waals surface area (Å²) in [6.07, 6.45) is 1.01. The van der Waals surface area contributed by atoms with Crippen LogP contribution in [0.2, 0.25) is 0 Å². The molecule has 0 atom stereocenters. The molecule has 4 nitrogen and oxygen atoms in total. The molecule has 0 unspecified atom stereocenters. The van der Waals surface area contributed by atoms with E-state index in [2.05, 4.69) is 52.3 Å². The number of nitrogens with two attached hydrogens (primary N) is 1. The first kappa shape index (κ1) is 15.8. The van der Waals surface area contributed by atoms with Crippen LogP contribution in [0.4, 0.5) is 17.2 Å². The van der Waals surface area contributed by atoms with Crippen LogP contribution in [0.3, 0.4) is 0 Å². The van der Waals surface area contributed by atoms with Crippen molar-refractivity contribution in [3.8, 4) is 11.1 Å². The number of rotatable bonds is 2. The number of fused-ring (bicyclic) bond motifs is 2. The fourth-order valence-electron chi connectivity index (χ4n) is 3.86. The molecule has 4 heteroatoms. The number of hydrogen-bond acceptors (Lipinski definition) is 4. The van der Waals surface area contributed by atoms with Crippen molar-refractivity contribution in [2.75, 3.05) is 17.2 Å². The number of nitrogens with zero attached hydrogens (tertiary/aromatic N) is 3. The van der Waals surface area contributed by atoms with Crippen molar-refractivity contribution in [3.63, 3.8) is 0 Å². The van der Waals surface area contributed by atoms with Gasteiger partial charge in [-0.1, -0.05) is 30.3 Å². The quantitative estimate of drug-likeness (QED) is 0.522. The average molecular weight is 352 g/mol. The lowest BCUT2D eigenvalue weighted by Crippen LogP contribution is -2.16. The van der Waals surface area contributed by atoms with Gasteiger partial charge in [0.15, 0.2) is 0 Å². The highest BCUT2D eigenvalue weighted by atomic mass is 15.2. The predicted molar refractivity (Wildman–Crippen MR) is 111 cm³/mol. The molecule has 0 fully saturated rings. The lowest BCUT2D eigenvalue weighted by Gasteiger charge is -2.20. The smallest absolute Gasteiger partial charge is 0.144 e. The van der Waals surface area contributed by atoms with Crippen molar-refractivity contribution in [1.29, 1.82) is 0 Å². The van der Waals surface area contributed by atoms with E-state index in [4.69, 9.17) is 10.7 Å². The predicted octanol–water partition coefficient (Wildman–Crippen LogP) is 4.88. The molecule has 0 aliphatic carbocycles. The van der Waals surface area contributed by atoms with E-state index < -0.39 is 0 Å². The molecular weight excluding hydrogens is 332 g/mol. The summed E-state index contributed by atoms with van der Waals surface area (Å²) in [5.41, 5.74) is 12.6. The topological polar surface area (TPSA) is 55.0 Å². The second-order valence-electron chi connectivity index (χ2n) is 6.98. The fourth-order valence-corrected chi connectivity index (χ4v) is 3.86. The highest BCUT2D eigenvalue weighted by molar-refractivity contribution is 5.92.